The largest absolute Gasteiger partial charge is 0.497 e. The molecule has 0 saturated heterocycles. The number of carbonyl (C=O) groups excluding carboxylic acids is 1. The SMILES string of the molecule is COc1ccc(-n2ccnc2SCC(=O)NC(C)(C#N)C2CC2)cc1. The van der Waals surface area contributed by atoms with E-state index in [1.54, 1.807) is 20.2 Å². The number of amides is 1. The van der Waals surface area contributed by atoms with E-state index in [1.807, 2.05) is 35.0 Å². The van der Waals surface area contributed by atoms with Gasteiger partial charge in [-0.25, -0.2) is 4.98 Å². The molecular formula is C18H20N4O2S. The molecule has 25 heavy (non-hydrogen) atoms. The maximum atomic E-state index is 12.2. The summed E-state index contributed by atoms with van der Waals surface area (Å²) < 4.78 is 7.09. The van der Waals surface area contributed by atoms with Crippen molar-refractivity contribution in [2.45, 2.75) is 30.5 Å². The first kappa shape index (κ1) is 17.4. The van der Waals surface area contributed by atoms with Crippen molar-refractivity contribution in [1.82, 2.24) is 14.9 Å². The highest BCUT2D eigenvalue weighted by Gasteiger charge is 2.42. The number of benzene rings is 1. The fourth-order valence-electron chi connectivity index (χ4n) is 2.67. The van der Waals surface area contributed by atoms with Gasteiger partial charge < -0.3 is 10.1 Å². The molecule has 1 heterocycles. The predicted molar refractivity (Wildman–Crippen MR) is 95.7 cm³/mol. The van der Waals surface area contributed by atoms with Crippen molar-refractivity contribution in [2.75, 3.05) is 12.9 Å². The Balaban J connectivity index is 1.63. The topological polar surface area (TPSA) is 79.9 Å². The predicted octanol–water partition coefficient (Wildman–Crippen LogP) is 2.78. The van der Waals surface area contributed by atoms with Gasteiger partial charge in [-0.2, -0.15) is 5.26 Å². The van der Waals surface area contributed by atoms with E-state index in [0.29, 0.717) is 0 Å². The Morgan fingerprint density at radius 1 is 1.48 bits per heavy atom. The second kappa shape index (κ2) is 7.19. The number of methoxy groups -OCH3 is 1. The average Bonchev–Trinajstić information content (AvgIpc) is 3.39. The normalized spacial score (nSPS) is 15.9. The highest BCUT2D eigenvalue weighted by atomic mass is 32.2. The number of rotatable bonds is 7. The van der Waals surface area contributed by atoms with Crippen molar-refractivity contribution in [1.29, 1.82) is 5.26 Å². The monoisotopic (exact) mass is 356 g/mol. The van der Waals surface area contributed by atoms with Gasteiger partial charge in [-0.15, -0.1) is 0 Å². The first-order valence-electron chi connectivity index (χ1n) is 8.08. The van der Waals surface area contributed by atoms with Crippen LogP contribution in [-0.2, 0) is 4.79 Å². The van der Waals surface area contributed by atoms with Crippen molar-refractivity contribution in [3.05, 3.63) is 36.7 Å². The van der Waals surface area contributed by atoms with Gasteiger partial charge in [0.1, 0.15) is 11.3 Å². The molecule has 130 valence electrons. The molecule has 0 aliphatic heterocycles. The Morgan fingerprint density at radius 3 is 2.80 bits per heavy atom. The molecule has 0 bridgehead atoms. The molecule has 0 radical (unpaired) electrons. The fraction of sp³-hybridized carbons (Fsp3) is 0.389. The molecule has 6 nitrogen and oxygen atoms in total. The van der Waals surface area contributed by atoms with Crippen LogP contribution in [0.3, 0.4) is 0 Å². The van der Waals surface area contributed by atoms with Crippen LogP contribution in [0.5, 0.6) is 5.75 Å². The molecule has 1 aromatic heterocycles. The smallest absolute Gasteiger partial charge is 0.231 e. The van der Waals surface area contributed by atoms with E-state index in [2.05, 4.69) is 16.4 Å². The van der Waals surface area contributed by atoms with E-state index in [9.17, 15) is 10.1 Å². The third-order valence-electron chi connectivity index (χ3n) is 4.31. The van der Waals surface area contributed by atoms with Crippen LogP contribution in [0.25, 0.3) is 5.69 Å². The lowest BCUT2D eigenvalue weighted by Crippen LogP contribution is -2.47. The van der Waals surface area contributed by atoms with E-state index in [4.69, 9.17) is 4.74 Å². The summed E-state index contributed by atoms with van der Waals surface area (Å²) in [7, 11) is 1.63. The minimum Gasteiger partial charge on any atom is -0.497 e. The molecule has 1 unspecified atom stereocenters. The maximum Gasteiger partial charge on any atom is 0.231 e. The van der Waals surface area contributed by atoms with Crippen LogP contribution in [0.1, 0.15) is 19.8 Å². The highest BCUT2D eigenvalue weighted by molar-refractivity contribution is 7.99. The summed E-state index contributed by atoms with van der Waals surface area (Å²) in [5.74, 6) is 1.13. The van der Waals surface area contributed by atoms with Crippen molar-refractivity contribution in [2.24, 2.45) is 5.92 Å². The number of nitrogens with zero attached hydrogens (tertiary/aromatic N) is 3. The Bertz CT molecular complexity index is 792. The van der Waals surface area contributed by atoms with Gasteiger partial charge in [-0.3, -0.25) is 9.36 Å². The van der Waals surface area contributed by atoms with Crippen molar-refractivity contribution >= 4 is 17.7 Å². The molecule has 1 aliphatic carbocycles. The first-order chi connectivity index (χ1) is 12.1. The Labute approximate surface area is 151 Å². The average molecular weight is 356 g/mol. The van der Waals surface area contributed by atoms with Crippen molar-refractivity contribution in [3.8, 4) is 17.5 Å². The number of imidazole rings is 1. The molecule has 0 spiro atoms. The van der Waals surface area contributed by atoms with Gasteiger partial charge in [0.15, 0.2) is 5.16 Å². The molecule has 1 aromatic carbocycles. The van der Waals surface area contributed by atoms with Gasteiger partial charge in [-0.05, 0) is 49.9 Å². The number of nitrogens with one attached hydrogen (secondary N) is 1. The van der Waals surface area contributed by atoms with Crippen molar-refractivity contribution in [3.63, 3.8) is 0 Å². The molecule has 3 rings (SSSR count). The minimum absolute atomic E-state index is 0.148. The van der Waals surface area contributed by atoms with Gasteiger partial charge in [0, 0.05) is 18.1 Å². The zero-order valence-corrected chi connectivity index (χ0v) is 15.0. The van der Waals surface area contributed by atoms with Crippen LogP contribution in [0.2, 0.25) is 0 Å². The van der Waals surface area contributed by atoms with Gasteiger partial charge >= 0.3 is 0 Å². The Morgan fingerprint density at radius 2 is 2.20 bits per heavy atom. The van der Waals surface area contributed by atoms with Crippen molar-refractivity contribution < 1.29 is 9.53 Å². The van der Waals surface area contributed by atoms with Crippen LogP contribution in [-0.4, -0.2) is 33.9 Å². The number of thioether (sulfide) groups is 1. The third kappa shape index (κ3) is 3.97. The summed E-state index contributed by atoms with van der Waals surface area (Å²) in [4.78, 5) is 16.6. The van der Waals surface area contributed by atoms with Gasteiger partial charge in [-0.1, -0.05) is 11.8 Å². The minimum atomic E-state index is -0.761. The number of hydrogen-bond acceptors (Lipinski definition) is 5. The maximum absolute atomic E-state index is 12.2. The van der Waals surface area contributed by atoms with Crippen LogP contribution >= 0.6 is 11.8 Å². The fourth-order valence-corrected chi connectivity index (χ4v) is 3.45. The quantitative estimate of drug-likeness (QED) is 0.772. The molecule has 1 N–H and O–H groups in total. The molecule has 1 atom stereocenters. The lowest BCUT2D eigenvalue weighted by molar-refractivity contribution is -0.119. The van der Waals surface area contributed by atoms with E-state index in [0.717, 1.165) is 29.4 Å². The van der Waals surface area contributed by atoms with E-state index in [1.165, 1.54) is 11.8 Å². The van der Waals surface area contributed by atoms with Crippen LogP contribution in [0, 0.1) is 17.2 Å². The summed E-state index contributed by atoms with van der Waals surface area (Å²) >= 11 is 1.35. The van der Waals surface area contributed by atoms with Gasteiger partial charge in [0.2, 0.25) is 5.91 Å². The van der Waals surface area contributed by atoms with Gasteiger partial charge in [0.25, 0.3) is 0 Å². The molecule has 1 fully saturated rings. The molecule has 7 heteroatoms. The third-order valence-corrected chi connectivity index (χ3v) is 5.28. The summed E-state index contributed by atoms with van der Waals surface area (Å²) in [5.41, 5.74) is 0.185. The molecule has 1 aliphatic rings. The van der Waals surface area contributed by atoms with E-state index >= 15 is 0 Å². The summed E-state index contributed by atoms with van der Waals surface area (Å²) in [5, 5.41) is 12.9. The lowest BCUT2D eigenvalue weighted by atomic mass is 9.98. The summed E-state index contributed by atoms with van der Waals surface area (Å²) in [6.45, 7) is 1.80. The number of ether oxygens (including phenoxy) is 1. The molecule has 1 amide bonds. The molecule has 2 aromatic rings. The van der Waals surface area contributed by atoms with Crippen LogP contribution < -0.4 is 10.1 Å². The molecule has 1 saturated carbocycles. The summed E-state index contributed by atoms with van der Waals surface area (Å²) in [6.07, 6.45) is 5.55. The standard InChI is InChI=1S/C18H20N4O2S/c1-18(12-19,13-3-4-13)21-16(23)11-25-17-20-9-10-22(17)14-5-7-15(24-2)8-6-14/h5-10,13H,3-4,11H2,1-2H3,(H,21,23). The Kier molecular flexibility index (Phi) is 5.00. The van der Waals surface area contributed by atoms with Crippen LogP contribution in [0.15, 0.2) is 41.8 Å². The zero-order valence-electron chi connectivity index (χ0n) is 14.2. The van der Waals surface area contributed by atoms with Crippen LogP contribution in [0.4, 0.5) is 0 Å². The lowest BCUT2D eigenvalue weighted by Gasteiger charge is -2.22. The number of aromatic nitrogens is 2. The highest BCUT2D eigenvalue weighted by Crippen LogP contribution is 2.39. The number of carbonyl (C=O) groups is 1. The number of hydrogen-bond donors (Lipinski definition) is 1. The van der Waals surface area contributed by atoms with E-state index in [-0.39, 0.29) is 17.6 Å². The number of nitriles is 1. The first-order valence-corrected chi connectivity index (χ1v) is 9.07. The second-order valence-corrected chi connectivity index (χ2v) is 7.15. The second-order valence-electron chi connectivity index (χ2n) is 6.20. The van der Waals surface area contributed by atoms with Gasteiger partial charge in [0.05, 0.1) is 18.9 Å². The summed E-state index contributed by atoms with van der Waals surface area (Å²) in [6, 6.07) is 9.87. The molecular weight excluding hydrogens is 336 g/mol. The Hall–Kier alpha value is -2.46. The van der Waals surface area contributed by atoms with E-state index < -0.39 is 5.54 Å². The zero-order chi connectivity index (χ0) is 17.9.